The molecule has 0 bridgehead atoms. The van der Waals surface area contributed by atoms with Gasteiger partial charge in [-0.3, -0.25) is 0 Å². The van der Waals surface area contributed by atoms with Gasteiger partial charge in [-0.25, -0.2) is 0 Å². The summed E-state index contributed by atoms with van der Waals surface area (Å²) in [6.07, 6.45) is 0. The molecule has 48 valence electrons. The maximum Gasteiger partial charge on any atom is 0.203 e. The lowest BCUT2D eigenvalue weighted by Gasteiger charge is -2.02. The molecule has 0 aromatic heterocycles. The third kappa shape index (κ3) is 1.73. The first-order valence-corrected chi connectivity index (χ1v) is 2.47. The summed E-state index contributed by atoms with van der Waals surface area (Å²) < 4.78 is 0. The van der Waals surface area contributed by atoms with E-state index in [1.165, 1.54) is 0 Å². The number of aliphatic hydroxyl groups is 1. The lowest BCUT2D eigenvalue weighted by atomic mass is 10.5. The molecular formula is C5H12N2O. The van der Waals surface area contributed by atoms with Crippen molar-refractivity contribution in [1.29, 1.82) is 0 Å². The van der Waals surface area contributed by atoms with Gasteiger partial charge in [0.2, 0.25) is 5.88 Å². The summed E-state index contributed by atoms with van der Waals surface area (Å²) in [5, 5.41) is 14.2. The highest BCUT2D eigenvalue weighted by molar-refractivity contribution is 4.98. The number of nitrogens with one attached hydrogen (secondary N) is 2. The molecule has 3 N–H and O–H groups in total. The van der Waals surface area contributed by atoms with Crippen LogP contribution in [0.2, 0.25) is 0 Å². The fraction of sp³-hybridized carbons (Fsp3) is 0.600. The number of hydrogen-bond donors (Lipinski definition) is 3. The van der Waals surface area contributed by atoms with Gasteiger partial charge in [-0.05, 0) is 6.92 Å². The van der Waals surface area contributed by atoms with Crippen LogP contribution < -0.4 is 10.6 Å². The van der Waals surface area contributed by atoms with Crippen molar-refractivity contribution in [3.8, 4) is 0 Å². The Morgan fingerprint density at radius 2 is 1.75 bits per heavy atom. The standard InChI is InChI=1S/C5H12N2O/c1-4(6-2)5(8)7-3/h6-8H,1-3H3/b5-4+. The number of rotatable bonds is 2. The van der Waals surface area contributed by atoms with Crippen molar-refractivity contribution < 1.29 is 5.11 Å². The molecule has 0 aliphatic heterocycles. The molecule has 0 amide bonds. The molecule has 0 atom stereocenters. The highest BCUT2D eigenvalue weighted by Crippen LogP contribution is 1.87. The summed E-state index contributed by atoms with van der Waals surface area (Å²) in [6.45, 7) is 1.78. The quantitative estimate of drug-likeness (QED) is 0.451. The average Bonchev–Trinajstić information content (AvgIpc) is 1.84. The zero-order valence-corrected chi connectivity index (χ0v) is 5.45. The van der Waals surface area contributed by atoms with Crippen molar-refractivity contribution in [2.24, 2.45) is 0 Å². The van der Waals surface area contributed by atoms with Crippen LogP contribution in [0.5, 0.6) is 0 Å². The maximum atomic E-state index is 8.83. The largest absolute Gasteiger partial charge is 0.494 e. The van der Waals surface area contributed by atoms with Gasteiger partial charge in [-0.2, -0.15) is 0 Å². The predicted octanol–water partition coefficient (Wildman–Crippen LogP) is 0.172. The van der Waals surface area contributed by atoms with Crippen LogP contribution in [-0.2, 0) is 0 Å². The highest BCUT2D eigenvalue weighted by Gasteiger charge is 1.89. The van der Waals surface area contributed by atoms with Crippen LogP contribution in [0.25, 0.3) is 0 Å². The minimum atomic E-state index is 0.188. The summed E-state index contributed by atoms with van der Waals surface area (Å²) in [6, 6.07) is 0. The van der Waals surface area contributed by atoms with Gasteiger partial charge in [0.1, 0.15) is 0 Å². The average molecular weight is 116 g/mol. The van der Waals surface area contributed by atoms with Crippen LogP contribution in [0, 0.1) is 0 Å². The lowest BCUT2D eigenvalue weighted by Crippen LogP contribution is -2.14. The Morgan fingerprint density at radius 1 is 1.25 bits per heavy atom. The molecule has 0 aromatic carbocycles. The topological polar surface area (TPSA) is 44.3 Å². The molecule has 0 aliphatic rings. The summed E-state index contributed by atoms with van der Waals surface area (Å²) >= 11 is 0. The van der Waals surface area contributed by atoms with Gasteiger partial charge in [-0.1, -0.05) is 0 Å². The van der Waals surface area contributed by atoms with Crippen molar-refractivity contribution in [2.75, 3.05) is 14.1 Å². The maximum absolute atomic E-state index is 8.83. The van der Waals surface area contributed by atoms with E-state index >= 15 is 0 Å². The van der Waals surface area contributed by atoms with E-state index in [0.29, 0.717) is 0 Å². The molecule has 0 rings (SSSR count). The number of allylic oxidation sites excluding steroid dienone is 1. The molecular weight excluding hydrogens is 104 g/mol. The predicted molar refractivity (Wildman–Crippen MR) is 33.4 cm³/mol. The highest BCUT2D eigenvalue weighted by atomic mass is 16.3. The molecule has 0 aromatic rings. The molecule has 3 nitrogen and oxygen atoms in total. The fourth-order valence-corrected chi connectivity index (χ4v) is 0.306. The molecule has 0 heterocycles. The van der Waals surface area contributed by atoms with Crippen LogP contribution in [0.15, 0.2) is 11.6 Å². The zero-order valence-electron chi connectivity index (χ0n) is 5.45. The number of hydrogen-bond acceptors (Lipinski definition) is 3. The first kappa shape index (κ1) is 7.14. The molecule has 0 fully saturated rings. The first-order valence-electron chi connectivity index (χ1n) is 2.47. The van der Waals surface area contributed by atoms with E-state index in [0.717, 1.165) is 5.70 Å². The van der Waals surface area contributed by atoms with Crippen LogP contribution in [0.3, 0.4) is 0 Å². The van der Waals surface area contributed by atoms with E-state index in [4.69, 9.17) is 5.11 Å². The monoisotopic (exact) mass is 116 g/mol. The van der Waals surface area contributed by atoms with E-state index in [1.807, 2.05) is 0 Å². The van der Waals surface area contributed by atoms with Crippen molar-refractivity contribution in [3.05, 3.63) is 11.6 Å². The van der Waals surface area contributed by atoms with Gasteiger partial charge in [0.05, 0.1) is 5.70 Å². The summed E-state index contributed by atoms with van der Waals surface area (Å²) in [5.74, 6) is 0.188. The summed E-state index contributed by atoms with van der Waals surface area (Å²) in [7, 11) is 3.42. The van der Waals surface area contributed by atoms with Crippen LogP contribution in [-0.4, -0.2) is 19.2 Å². The Morgan fingerprint density at radius 3 is 1.88 bits per heavy atom. The molecule has 0 saturated heterocycles. The van der Waals surface area contributed by atoms with E-state index in [-0.39, 0.29) is 5.88 Å². The molecule has 0 spiro atoms. The molecule has 3 heteroatoms. The van der Waals surface area contributed by atoms with Gasteiger partial charge in [0.15, 0.2) is 0 Å². The second-order valence-electron chi connectivity index (χ2n) is 1.47. The van der Waals surface area contributed by atoms with Crippen molar-refractivity contribution >= 4 is 0 Å². The smallest absolute Gasteiger partial charge is 0.203 e. The first-order chi connectivity index (χ1) is 3.72. The van der Waals surface area contributed by atoms with Crippen LogP contribution in [0.4, 0.5) is 0 Å². The van der Waals surface area contributed by atoms with E-state index < -0.39 is 0 Å². The summed E-state index contributed by atoms with van der Waals surface area (Å²) in [5.41, 5.74) is 0.743. The summed E-state index contributed by atoms with van der Waals surface area (Å²) in [4.78, 5) is 0. The van der Waals surface area contributed by atoms with Gasteiger partial charge in [-0.15, -0.1) is 0 Å². The minimum absolute atomic E-state index is 0.188. The Balaban J connectivity index is 3.83. The zero-order chi connectivity index (χ0) is 6.57. The van der Waals surface area contributed by atoms with Crippen molar-refractivity contribution in [2.45, 2.75) is 6.92 Å². The molecule has 8 heavy (non-hydrogen) atoms. The van der Waals surface area contributed by atoms with Crippen molar-refractivity contribution in [1.82, 2.24) is 10.6 Å². The Hall–Kier alpha value is -0.860. The van der Waals surface area contributed by atoms with Crippen LogP contribution in [0.1, 0.15) is 6.92 Å². The van der Waals surface area contributed by atoms with E-state index in [2.05, 4.69) is 10.6 Å². The third-order valence-corrected chi connectivity index (χ3v) is 0.967. The van der Waals surface area contributed by atoms with Gasteiger partial charge in [0, 0.05) is 14.1 Å². The molecule has 0 saturated carbocycles. The molecule has 0 unspecified atom stereocenters. The van der Waals surface area contributed by atoms with E-state index in [9.17, 15) is 0 Å². The fourth-order valence-electron chi connectivity index (χ4n) is 0.306. The van der Waals surface area contributed by atoms with E-state index in [1.54, 1.807) is 21.0 Å². The second kappa shape index (κ2) is 3.18. The van der Waals surface area contributed by atoms with Gasteiger partial charge >= 0.3 is 0 Å². The molecule has 0 aliphatic carbocycles. The van der Waals surface area contributed by atoms with Gasteiger partial charge < -0.3 is 15.7 Å². The lowest BCUT2D eigenvalue weighted by molar-refractivity contribution is 0.365. The van der Waals surface area contributed by atoms with Crippen molar-refractivity contribution in [3.63, 3.8) is 0 Å². The SMILES string of the molecule is CN/C(C)=C(/O)NC. The third-order valence-electron chi connectivity index (χ3n) is 0.967. The second-order valence-corrected chi connectivity index (χ2v) is 1.47. The minimum Gasteiger partial charge on any atom is -0.494 e. The Labute approximate surface area is 49.4 Å². The Kier molecular flexibility index (Phi) is 2.84. The normalized spacial score (nSPS) is 12.4. The molecule has 0 radical (unpaired) electrons. The Bertz CT molecular complexity index is 86.6. The van der Waals surface area contributed by atoms with Crippen LogP contribution >= 0.6 is 0 Å². The van der Waals surface area contributed by atoms with Gasteiger partial charge in [0.25, 0.3) is 0 Å². The number of aliphatic hydroxyl groups excluding tert-OH is 1.